The molecule has 1 aromatic heterocycles. The van der Waals surface area contributed by atoms with Crippen molar-refractivity contribution in [3.63, 3.8) is 0 Å². The molecule has 4 heteroatoms. The molecule has 0 amide bonds. The molecule has 1 aliphatic carbocycles. The van der Waals surface area contributed by atoms with Crippen LogP contribution in [0.3, 0.4) is 0 Å². The molecule has 1 heterocycles. The van der Waals surface area contributed by atoms with E-state index in [4.69, 9.17) is 5.84 Å². The number of hydrogen-bond acceptors (Lipinski definition) is 4. The van der Waals surface area contributed by atoms with Gasteiger partial charge in [0.15, 0.2) is 0 Å². The van der Waals surface area contributed by atoms with E-state index in [-0.39, 0.29) is 6.04 Å². The zero-order chi connectivity index (χ0) is 13.1. The molecule has 3 N–H and O–H groups in total. The Kier molecular flexibility index (Phi) is 3.53. The van der Waals surface area contributed by atoms with Crippen molar-refractivity contribution in [2.45, 2.75) is 31.2 Å². The maximum absolute atomic E-state index is 5.70. The molecule has 0 aliphatic heterocycles. The van der Waals surface area contributed by atoms with E-state index in [2.05, 4.69) is 39.7 Å². The van der Waals surface area contributed by atoms with Crippen LogP contribution in [0.25, 0.3) is 0 Å². The van der Waals surface area contributed by atoms with Gasteiger partial charge in [0.1, 0.15) is 6.33 Å². The zero-order valence-electron chi connectivity index (χ0n) is 10.8. The third kappa shape index (κ3) is 2.50. The van der Waals surface area contributed by atoms with Crippen LogP contribution >= 0.6 is 0 Å². The number of aromatic nitrogens is 2. The lowest BCUT2D eigenvalue weighted by atomic mass is 9.79. The molecule has 98 valence electrons. The molecule has 1 unspecified atom stereocenters. The highest BCUT2D eigenvalue weighted by Gasteiger charge is 2.21. The van der Waals surface area contributed by atoms with Crippen molar-refractivity contribution in [2.75, 3.05) is 0 Å². The maximum Gasteiger partial charge on any atom is 0.115 e. The van der Waals surface area contributed by atoms with Gasteiger partial charge in [-0.15, -0.1) is 0 Å². The molecule has 0 bridgehead atoms. The van der Waals surface area contributed by atoms with Crippen LogP contribution in [0, 0.1) is 0 Å². The molecule has 0 saturated heterocycles. The smallest absolute Gasteiger partial charge is 0.115 e. The highest BCUT2D eigenvalue weighted by atomic mass is 15.2. The van der Waals surface area contributed by atoms with Gasteiger partial charge < -0.3 is 0 Å². The van der Waals surface area contributed by atoms with Crippen molar-refractivity contribution in [1.82, 2.24) is 15.4 Å². The number of hydrogen-bond donors (Lipinski definition) is 2. The van der Waals surface area contributed by atoms with E-state index in [9.17, 15) is 0 Å². The Hall–Kier alpha value is -1.78. The molecule has 2 aromatic rings. The van der Waals surface area contributed by atoms with Gasteiger partial charge in [-0.25, -0.2) is 15.4 Å². The minimum absolute atomic E-state index is 0.0544. The van der Waals surface area contributed by atoms with Gasteiger partial charge in [-0.05, 0) is 29.9 Å². The number of hydrazine groups is 1. The lowest BCUT2D eigenvalue weighted by Crippen LogP contribution is -2.29. The first-order chi connectivity index (χ1) is 9.38. The first kappa shape index (κ1) is 12.3. The highest BCUT2D eigenvalue weighted by Crippen LogP contribution is 2.37. The van der Waals surface area contributed by atoms with Crippen molar-refractivity contribution in [2.24, 2.45) is 5.84 Å². The first-order valence-electron chi connectivity index (χ1n) is 6.69. The van der Waals surface area contributed by atoms with Crippen LogP contribution in [0.5, 0.6) is 0 Å². The average Bonchev–Trinajstić information content (AvgIpc) is 2.39. The van der Waals surface area contributed by atoms with Crippen molar-refractivity contribution in [3.05, 3.63) is 59.7 Å². The molecule has 1 saturated carbocycles. The average molecular weight is 254 g/mol. The Morgan fingerprint density at radius 2 is 1.95 bits per heavy atom. The van der Waals surface area contributed by atoms with E-state index in [0.717, 1.165) is 11.5 Å². The van der Waals surface area contributed by atoms with E-state index in [1.807, 2.05) is 0 Å². The highest BCUT2D eigenvalue weighted by molar-refractivity contribution is 5.34. The van der Waals surface area contributed by atoms with E-state index in [1.165, 1.54) is 36.7 Å². The van der Waals surface area contributed by atoms with E-state index < -0.39 is 0 Å². The summed E-state index contributed by atoms with van der Waals surface area (Å²) in [6.45, 7) is 0. The summed E-state index contributed by atoms with van der Waals surface area (Å²) >= 11 is 0. The van der Waals surface area contributed by atoms with Crippen LogP contribution in [0.2, 0.25) is 0 Å². The van der Waals surface area contributed by atoms with Crippen molar-refractivity contribution >= 4 is 0 Å². The monoisotopic (exact) mass is 254 g/mol. The summed E-state index contributed by atoms with van der Waals surface area (Å²) in [5.74, 6) is 6.43. The van der Waals surface area contributed by atoms with Gasteiger partial charge in [-0.3, -0.25) is 5.84 Å². The van der Waals surface area contributed by atoms with Gasteiger partial charge >= 0.3 is 0 Å². The maximum atomic E-state index is 5.70. The largest absolute Gasteiger partial charge is 0.271 e. The van der Waals surface area contributed by atoms with Crippen LogP contribution < -0.4 is 11.3 Å². The second kappa shape index (κ2) is 5.47. The fourth-order valence-electron chi connectivity index (χ4n) is 2.58. The molecule has 0 spiro atoms. The van der Waals surface area contributed by atoms with Crippen molar-refractivity contribution in [1.29, 1.82) is 0 Å². The second-order valence-electron chi connectivity index (χ2n) is 5.07. The fraction of sp³-hybridized carbons (Fsp3) is 0.333. The second-order valence-corrected chi connectivity index (χ2v) is 5.07. The number of benzene rings is 1. The molecule has 4 nitrogen and oxygen atoms in total. The number of rotatable bonds is 4. The van der Waals surface area contributed by atoms with Crippen LogP contribution in [-0.4, -0.2) is 9.97 Å². The lowest BCUT2D eigenvalue weighted by Gasteiger charge is -2.27. The zero-order valence-corrected chi connectivity index (χ0v) is 10.8. The van der Waals surface area contributed by atoms with Crippen molar-refractivity contribution < 1.29 is 0 Å². The summed E-state index contributed by atoms with van der Waals surface area (Å²) in [7, 11) is 0. The van der Waals surface area contributed by atoms with Gasteiger partial charge in [0.25, 0.3) is 0 Å². The van der Waals surface area contributed by atoms with Gasteiger partial charge in [-0.2, -0.15) is 0 Å². The minimum Gasteiger partial charge on any atom is -0.271 e. The summed E-state index contributed by atoms with van der Waals surface area (Å²) in [5, 5.41) is 0. The summed E-state index contributed by atoms with van der Waals surface area (Å²) in [6, 6.07) is 8.61. The predicted molar refractivity (Wildman–Crippen MR) is 74.2 cm³/mol. The molecule has 1 aliphatic rings. The number of nitrogens with one attached hydrogen (secondary N) is 1. The Morgan fingerprint density at radius 1 is 1.16 bits per heavy atom. The molecular weight excluding hydrogens is 236 g/mol. The Balaban J connectivity index is 1.91. The summed E-state index contributed by atoms with van der Waals surface area (Å²) in [4.78, 5) is 8.11. The normalized spacial score (nSPS) is 16.9. The van der Waals surface area contributed by atoms with Gasteiger partial charge in [0.2, 0.25) is 0 Å². The van der Waals surface area contributed by atoms with Crippen LogP contribution in [0.1, 0.15) is 47.9 Å². The SMILES string of the molecule is NNC(c1cncnc1)c1cccc(C2CCC2)c1. The summed E-state index contributed by atoms with van der Waals surface area (Å²) in [6.07, 6.45) is 9.08. The molecule has 1 atom stereocenters. The number of nitrogens with two attached hydrogens (primary N) is 1. The molecule has 1 aromatic carbocycles. The third-order valence-corrected chi connectivity index (χ3v) is 3.90. The summed E-state index contributed by atoms with van der Waals surface area (Å²) in [5.41, 5.74) is 6.42. The molecule has 3 rings (SSSR count). The summed E-state index contributed by atoms with van der Waals surface area (Å²) < 4.78 is 0. The molecular formula is C15H18N4. The van der Waals surface area contributed by atoms with Crippen LogP contribution in [0.15, 0.2) is 43.0 Å². The third-order valence-electron chi connectivity index (χ3n) is 3.90. The van der Waals surface area contributed by atoms with Gasteiger partial charge in [0.05, 0.1) is 6.04 Å². The topological polar surface area (TPSA) is 63.8 Å². The van der Waals surface area contributed by atoms with E-state index in [1.54, 1.807) is 12.4 Å². The number of nitrogens with zero attached hydrogens (tertiary/aromatic N) is 2. The lowest BCUT2D eigenvalue weighted by molar-refractivity contribution is 0.419. The Morgan fingerprint density at radius 3 is 2.58 bits per heavy atom. The van der Waals surface area contributed by atoms with Crippen LogP contribution in [0.4, 0.5) is 0 Å². The van der Waals surface area contributed by atoms with Gasteiger partial charge in [-0.1, -0.05) is 30.7 Å². The minimum atomic E-state index is -0.0544. The van der Waals surface area contributed by atoms with Crippen LogP contribution in [-0.2, 0) is 0 Å². The van der Waals surface area contributed by atoms with Gasteiger partial charge in [0, 0.05) is 18.0 Å². The predicted octanol–water partition coefficient (Wildman–Crippen LogP) is 2.30. The fourth-order valence-corrected chi connectivity index (χ4v) is 2.58. The van der Waals surface area contributed by atoms with Crippen molar-refractivity contribution in [3.8, 4) is 0 Å². The molecule has 0 radical (unpaired) electrons. The molecule has 19 heavy (non-hydrogen) atoms. The Bertz CT molecular complexity index is 537. The molecule has 1 fully saturated rings. The standard InChI is InChI=1S/C15H18N4/c16-19-15(14-8-17-10-18-9-14)13-6-2-5-12(7-13)11-3-1-4-11/h2,5-11,15,19H,1,3-4,16H2. The quantitative estimate of drug-likeness (QED) is 0.649. The van der Waals surface area contributed by atoms with E-state index in [0.29, 0.717) is 0 Å². The first-order valence-corrected chi connectivity index (χ1v) is 6.69. The Labute approximate surface area is 113 Å². The van der Waals surface area contributed by atoms with E-state index >= 15 is 0 Å².